The molecule has 0 radical (unpaired) electrons. The number of alkyl halides is 3. The van der Waals surface area contributed by atoms with Gasteiger partial charge in [-0.15, -0.1) is 0 Å². The number of halogens is 3. The molecule has 0 spiro atoms. The lowest BCUT2D eigenvalue weighted by Gasteiger charge is -2.30. The number of rotatable bonds is 4. The molecule has 0 heterocycles. The minimum Gasteiger partial charge on any atom is -0.197 e. The third kappa shape index (κ3) is 3.59. The van der Waals surface area contributed by atoms with E-state index < -0.39 is 10.9 Å². The molecule has 1 aliphatic carbocycles. The predicted molar refractivity (Wildman–Crippen MR) is 73.0 cm³/mol. The van der Waals surface area contributed by atoms with Crippen molar-refractivity contribution >= 4 is 11.8 Å². The molecule has 0 saturated carbocycles. The van der Waals surface area contributed by atoms with E-state index in [0.29, 0.717) is 12.0 Å². The summed E-state index contributed by atoms with van der Waals surface area (Å²) in [4.78, 5) is 0.0919. The fourth-order valence-electron chi connectivity index (χ4n) is 2.17. The van der Waals surface area contributed by atoms with Crippen LogP contribution in [0.4, 0.5) is 13.2 Å². The molecule has 1 unspecified atom stereocenters. The Labute approximate surface area is 124 Å². The van der Waals surface area contributed by atoms with E-state index in [4.69, 9.17) is 0 Å². The maximum atomic E-state index is 12.3. The second kappa shape index (κ2) is 5.83. The van der Waals surface area contributed by atoms with Crippen molar-refractivity contribution in [1.29, 1.82) is 10.5 Å². The van der Waals surface area contributed by atoms with Gasteiger partial charge >= 0.3 is 5.51 Å². The third-order valence-electron chi connectivity index (χ3n) is 3.43. The van der Waals surface area contributed by atoms with Crippen molar-refractivity contribution in [2.45, 2.75) is 23.2 Å². The molecule has 0 N–H and O–H groups in total. The SMILES string of the molecule is N#CC(C#N)(Cc1ccc(SC(F)(F)F)cc1)C1C=CC1. The van der Waals surface area contributed by atoms with Crippen LogP contribution in [0.5, 0.6) is 0 Å². The first-order valence-corrected chi connectivity index (χ1v) is 7.04. The topological polar surface area (TPSA) is 47.6 Å². The van der Waals surface area contributed by atoms with E-state index in [1.807, 2.05) is 12.2 Å². The Balaban J connectivity index is 2.14. The van der Waals surface area contributed by atoms with Crippen molar-refractivity contribution in [2.75, 3.05) is 0 Å². The van der Waals surface area contributed by atoms with Crippen LogP contribution in [0.25, 0.3) is 0 Å². The number of benzene rings is 1. The van der Waals surface area contributed by atoms with Gasteiger partial charge in [-0.1, -0.05) is 24.3 Å². The second-order valence-corrected chi connectivity index (χ2v) is 5.97. The summed E-state index contributed by atoms with van der Waals surface area (Å²) in [7, 11) is 0. The maximum Gasteiger partial charge on any atom is 0.446 e. The summed E-state index contributed by atoms with van der Waals surface area (Å²) in [5, 5.41) is 18.6. The van der Waals surface area contributed by atoms with E-state index in [9.17, 15) is 23.7 Å². The van der Waals surface area contributed by atoms with Gasteiger partial charge in [-0.2, -0.15) is 23.7 Å². The summed E-state index contributed by atoms with van der Waals surface area (Å²) in [5.41, 5.74) is -4.78. The van der Waals surface area contributed by atoms with Crippen molar-refractivity contribution in [3.63, 3.8) is 0 Å². The van der Waals surface area contributed by atoms with Crippen molar-refractivity contribution in [1.82, 2.24) is 0 Å². The highest BCUT2D eigenvalue weighted by atomic mass is 32.2. The van der Waals surface area contributed by atoms with Gasteiger partial charge in [-0.25, -0.2) is 0 Å². The zero-order valence-electron chi connectivity index (χ0n) is 10.9. The molecule has 2 nitrogen and oxygen atoms in total. The lowest BCUT2D eigenvalue weighted by Crippen LogP contribution is -2.31. The average molecular weight is 308 g/mol. The normalized spacial score (nSPS) is 17.7. The summed E-state index contributed by atoms with van der Waals surface area (Å²) < 4.78 is 36.8. The first-order chi connectivity index (χ1) is 9.88. The van der Waals surface area contributed by atoms with Gasteiger partial charge < -0.3 is 0 Å². The molecule has 0 amide bonds. The molecule has 0 aliphatic heterocycles. The van der Waals surface area contributed by atoms with Crippen LogP contribution in [-0.4, -0.2) is 5.51 Å². The highest BCUT2D eigenvalue weighted by Gasteiger charge is 2.40. The van der Waals surface area contributed by atoms with Gasteiger partial charge in [0.2, 0.25) is 0 Å². The lowest BCUT2D eigenvalue weighted by atomic mass is 9.68. The van der Waals surface area contributed by atoms with E-state index in [-0.39, 0.29) is 29.0 Å². The summed E-state index contributed by atoms with van der Waals surface area (Å²) in [6.45, 7) is 0. The highest BCUT2D eigenvalue weighted by Crippen LogP contribution is 2.40. The Kier molecular flexibility index (Phi) is 4.29. The molecule has 0 bridgehead atoms. The molecule has 6 heteroatoms. The van der Waals surface area contributed by atoms with Crippen LogP contribution in [0.1, 0.15) is 12.0 Å². The van der Waals surface area contributed by atoms with Gasteiger partial charge in [-0.3, -0.25) is 0 Å². The quantitative estimate of drug-likeness (QED) is 0.610. The third-order valence-corrected chi connectivity index (χ3v) is 4.17. The molecule has 108 valence electrons. The Morgan fingerprint density at radius 2 is 1.71 bits per heavy atom. The van der Waals surface area contributed by atoms with Gasteiger partial charge in [-0.05, 0) is 35.9 Å². The van der Waals surface area contributed by atoms with Gasteiger partial charge in [0.1, 0.15) is 0 Å². The average Bonchev–Trinajstić information content (AvgIpc) is 2.36. The van der Waals surface area contributed by atoms with E-state index in [0.717, 1.165) is 0 Å². The highest BCUT2D eigenvalue weighted by molar-refractivity contribution is 8.00. The summed E-state index contributed by atoms with van der Waals surface area (Å²) in [6.07, 6.45) is 4.63. The minimum absolute atomic E-state index is 0.0919. The van der Waals surface area contributed by atoms with Crippen LogP contribution in [0, 0.1) is 34.0 Å². The molecule has 1 atom stereocenters. The fraction of sp³-hybridized carbons (Fsp3) is 0.333. The van der Waals surface area contributed by atoms with Gasteiger partial charge in [0.15, 0.2) is 5.41 Å². The number of nitrogens with zero attached hydrogens (tertiary/aromatic N) is 2. The molecular weight excluding hydrogens is 297 g/mol. The molecule has 1 aromatic carbocycles. The van der Waals surface area contributed by atoms with Crippen LogP contribution in [0.15, 0.2) is 41.3 Å². The monoisotopic (exact) mass is 308 g/mol. The van der Waals surface area contributed by atoms with E-state index >= 15 is 0 Å². The Morgan fingerprint density at radius 1 is 1.14 bits per heavy atom. The summed E-state index contributed by atoms with van der Waals surface area (Å²) in [5.74, 6) is -0.114. The van der Waals surface area contributed by atoms with Crippen molar-refractivity contribution < 1.29 is 13.2 Å². The van der Waals surface area contributed by atoms with Crippen molar-refractivity contribution in [2.24, 2.45) is 11.3 Å². The van der Waals surface area contributed by atoms with Crippen molar-refractivity contribution in [3.8, 4) is 12.1 Å². The second-order valence-electron chi connectivity index (χ2n) is 4.83. The zero-order chi connectivity index (χ0) is 15.5. The number of allylic oxidation sites excluding steroid dienone is 2. The number of hydrogen-bond acceptors (Lipinski definition) is 3. The number of hydrogen-bond donors (Lipinski definition) is 0. The standard InChI is InChI=1S/C15H11F3N2S/c16-15(17,18)21-13-6-4-11(5-7-13)8-14(9-19,10-20)12-2-1-3-12/h1-2,4-7,12H,3,8H2. The maximum absolute atomic E-state index is 12.3. The number of thioether (sulfide) groups is 1. The van der Waals surface area contributed by atoms with Gasteiger partial charge in [0, 0.05) is 17.2 Å². The lowest BCUT2D eigenvalue weighted by molar-refractivity contribution is -0.0328. The largest absolute Gasteiger partial charge is 0.446 e. The van der Waals surface area contributed by atoms with E-state index in [1.54, 1.807) is 12.1 Å². The van der Waals surface area contributed by atoms with Gasteiger partial charge in [0.05, 0.1) is 12.1 Å². The van der Waals surface area contributed by atoms with Crippen LogP contribution in [-0.2, 0) is 6.42 Å². The summed E-state index contributed by atoms with van der Waals surface area (Å²) in [6, 6.07) is 9.95. The van der Waals surface area contributed by atoms with Crippen LogP contribution < -0.4 is 0 Å². The van der Waals surface area contributed by atoms with E-state index in [2.05, 4.69) is 12.1 Å². The molecular formula is C15H11F3N2S. The van der Waals surface area contributed by atoms with Gasteiger partial charge in [0.25, 0.3) is 0 Å². The molecule has 0 saturated heterocycles. The van der Waals surface area contributed by atoms with Crippen molar-refractivity contribution in [3.05, 3.63) is 42.0 Å². The first kappa shape index (κ1) is 15.5. The summed E-state index contributed by atoms with van der Waals surface area (Å²) >= 11 is -0.180. The van der Waals surface area contributed by atoms with E-state index in [1.165, 1.54) is 12.1 Å². The Hall–Kier alpha value is -1.92. The smallest absolute Gasteiger partial charge is 0.197 e. The number of nitriles is 2. The van der Waals surface area contributed by atoms with Crippen LogP contribution >= 0.6 is 11.8 Å². The Morgan fingerprint density at radius 3 is 2.10 bits per heavy atom. The first-order valence-electron chi connectivity index (χ1n) is 6.22. The molecule has 21 heavy (non-hydrogen) atoms. The van der Waals surface area contributed by atoms with Crippen LogP contribution in [0.2, 0.25) is 0 Å². The molecule has 1 aliphatic rings. The molecule has 2 rings (SSSR count). The molecule has 1 aromatic rings. The minimum atomic E-state index is -4.32. The zero-order valence-corrected chi connectivity index (χ0v) is 11.7. The molecule has 0 aromatic heterocycles. The molecule has 0 fully saturated rings. The predicted octanol–water partition coefficient (Wildman–Crippen LogP) is 4.45. The van der Waals surface area contributed by atoms with Crippen LogP contribution in [0.3, 0.4) is 0 Å². The fourth-order valence-corrected chi connectivity index (χ4v) is 2.71. The Bertz CT molecular complexity index is 606.